The first-order chi connectivity index (χ1) is 19.5. The maximum absolute atomic E-state index is 13.3. The number of nitrogens with zero attached hydrogens (tertiary/aromatic N) is 1. The van der Waals surface area contributed by atoms with Gasteiger partial charge in [-0.3, -0.25) is 24.0 Å². The van der Waals surface area contributed by atoms with Gasteiger partial charge in [0, 0.05) is 18.5 Å². The molecule has 1 aromatic carbocycles. The number of amides is 4. The minimum atomic E-state index is -1.07. The molecule has 0 fully saturated rings. The molecule has 0 bridgehead atoms. The van der Waals surface area contributed by atoms with E-state index in [1.54, 1.807) is 13.8 Å². The number of benzene rings is 1. The zero-order valence-electron chi connectivity index (χ0n) is 27.2. The largest absolute Gasteiger partial charge is 0.345 e. The average Bonchev–Trinajstić information content (AvgIpc) is 2.92. The maximum Gasteiger partial charge on any atom is 0.289 e. The summed E-state index contributed by atoms with van der Waals surface area (Å²) in [4.78, 5) is 67.1. The lowest BCUT2D eigenvalue weighted by molar-refractivity contribution is -0.141. The van der Waals surface area contributed by atoms with Crippen LogP contribution in [-0.2, 0) is 30.5 Å². The summed E-state index contributed by atoms with van der Waals surface area (Å²) in [7, 11) is 0. The number of Topliss-reactive ketones (excluding diaryl/α,β-unsaturated/α-hetero) is 1. The second-order valence-electron chi connectivity index (χ2n) is 12.7. The van der Waals surface area contributed by atoms with E-state index in [0.29, 0.717) is 12.5 Å². The topological polar surface area (TPSA) is 137 Å². The van der Waals surface area contributed by atoms with Crippen molar-refractivity contribution in [1.29, 1.82) is 0 Å². The molecule has 0 aliphatic heterocycles. The Labute approximate surface area is 252 Å². The molecule has 0 spiro atoms. The van der Waals surface area contributed by atoms with Crippen molar-refractivity contribution in [2.45, 2.75) is 106 Å². The van der Waals surface area contributed by atoms with Crippen LogP contribution in [0.15, 0.2) is 30.3 Å². The van der Waals surface area contributed by atoms with Crippen molar-refractivity contribution in [2.75, 3.05) is 13.1 Å². The van der Waals surface area contributed by atoms with Crippen LogP contribution >= 0.6 is 0 Å². The van der Waals surface area contributed by atoms with E-state index in [0.717, 1.165) is 18.7 Å². The zero-order valence-corrected chi connectivity index (χ0v) is 27.2. The van der Waals surface area contributed by atoms with Crippen LogP contribution in [0.25, 0.3) is 0 Å². The first-order valence-corrected chi connectivity index (χ1v) is 15.0. The second-order valence-corrected chi connectivity index (χ2v) is 12.7. The van der Waals surface area contributed by atoms with Crippen molar-refractivity contribution >= 4 is 29.4 Å². The van der Waals surface area contributed by atoms with Crippen LogP contribution < -0.4 is 21.3 Å². The van der Waals surface area contributed by atoms with Crippen LogP contribution in [0.2, 0.25) is 0 Å². The highest BCUT2D eigenvalue weighted by atomic mass is 16.2. The van der Waals surface area contributed by atoms with E-state index in [9.17, 15) is 24.0 Å². The molecule has 0 aliphatic rings. The van der Waals surface area contributed by atoms with Gasteiger partial charge in [-0.2, -0.15) is 0 Å². The van der Waals surface area contributed by atoms with E-state index < -0.39 is 47.0 Å². The van der Waals surface area contributed by atoms with Gasteiger partial charge in [-0.05, 0) is 57.2 Å². The number of rotatable bonds is 16. The van der Waals surface area contributed by atoms with Crippen molar-refractivity contribution in [3.05, 3.63) is 35.9 Å². The highest BCUT2D eigenvalue weighted by molar-refractivity contribution is 6.38. The molecule has 1 rings (SSSR count). The Morgan fingerprint density at radius 3 is 1.90 bits per heavy atom. The predicted octanol–water partition coefficient (Wildman–Crippen LogP) is 2.80. The Kier molecular flexibility index (Phi) is 14.9. The summed E-state index contributed by atoms with van der Waals surface area (Å²) in [5.74, 6) is -3.57. The van der Waals surface area contributed by atoms with E-state index in [2.05, 4.69) is 46.9 Å². The summed E-state index contributed by atoms with van der Waals surface area (Å²) < 4.78 is 0. The highest BCUT2D eigenvalue weighted by Crippen LogP contribution is 2.21. The Morgan fingerprint density at radius 2 is 1.40 bits per heavy atom. The Bertz CT molecular complexity index is 1050. The summed E-state index contributed by atoms with van der Waals surface area (Å²) in [6, 6.07) is 6.59. The fraction of sp³-hybridized carbons (Fsp3) is 0.656. The third-order valence-corrected chi connectivity index (χ3v) is 7.37. The van der Waals surface area contributed by atoms with Crippen molar-refractivity contribution in [2.24, 2.45) is 17.3 Å². The lowest BCUT2D eigenvalue weighted by Crippen LogP contribution is -2.59. The van der Waals surface area contributed by atoms with Crippen LogP contribution in [0.1, 0.15) is 81.2 Å². The quantitative estimate of drug-likeness (QED) is 0.220. The van der Waals surface area contributed by atoms with Crippen molar-refractivity contribution in [3.63, 3.8) is 0 Å². The monoisotopic (exact) mass is 587 g/mol. The molecule has 10 heteroatoms. The van der Waals surface area contributed by atoms with Crippen molar-refractivity contribution < 1.29 is 24.0 Å². The maximum atomic E-state index is 13.3. The first kappa shape index (κ1) is 36.8. The smallest absolute Gasteiger partial charge is 0.289 e. The Hall–Kier alpha value is -3.27. The molecule has 0 aliphatic carbocycles. The van der Waals surface area contributed by atoms with E-state index in [4.69, 9.17) is 0 Å². The summed E-state index contributed by atoms with van der Waals surface area (Å²) >= 11 is 0. The molecule has 4 amide bonds. The van der Waals surface area contributed by atoms with Crippen LogP contribution in [-0.4, -0.2) is 71.6 Å². The van der Waals surface area contributed by atoms with Gasteiger partial charge < -0.3 is 26.2 Å². The van der Waals surface area contributed by atoms with Gasteiger partial charge in [0.05, 0.1) is 6.04 Å². The molecule has 236 valence electrons. The standard InChI is InChI=1S/C32H53N5O5/c1-11-37(21(4)5)18-17-22(6)28(39)36-27(32(8,9)10)31(42)34-23(7)29(40)35-25(20(2)3)26(38)30(41)33-19-24-15-13-12-14-16-24/h12-16,20-23,25,27H,11,17-19H2,1-10H3,(H,33,41)(H,34,42)(H,35,40)(H,36,39). The van der Waals surface area contributed by atoms with Gasteiger partial charge in [0.15, 0.2) is 0 Å². The third kappa shape index (κ3) is 11.9. The summed E-state index contributed by atoms with van der Waals surface area (Å²) in [6.45, 7) is 20.5. The first-order valence-electron chi connectivity index (χ1n) is 15.0. The highest BCUT2D eigenvalue weighted by Gasteiger charge is 2.36. The van der Waals surface area contributed by atoms with Gasteiger partial charge in [-0.15, -0.1) is 0 Å². The number of hydrogen-bond donors (Lipinski definition) is 4. The van der Waals surface area contributed by atoms with Crippen LogP contribution in [0.3, 0.4) is 0 Å². The van der Waals surface area contributed by atoms with Crippen molar-refractivity contribution in [3.8, 4) is 0 Å². The van der Waals surface area contributed by atoms with Gasteiger partial charge >= 0.3 is 0 Å². The molecule has 4 unspecified atom stereocenters. The van der Waals surface area contributed by atoms with Crippen LogP contribution in [0.5, 0.6) is 0 Å². The van der Waals surface area contributed by atoms with Crippen LogP contribution in [0.4, 0.5) is 0 Å². The van der Waals surface area contributed by atoms with E-state index in [1.807, 2.05) is 58.0 Å². The predicted molar refractivity (Wildman–Crippen MR) is 165 cm³/mol. The summed E-state index contributed by atoms with van der Waals surface area (Å²) in [5, 5.41) is 10.8. The molecule has 0 saturated heterocycles. The number of carbonyl (C=O) groups excluding carboxylic acids is 5. The molecule has 4 atom stereocenters. The SMILES string of the molecule is CCN(CCC(C)C(=O)NC(C(=O)NC(C)C(=O)NC(C(=O)C(=O)NCc1ccccc1)C(C)C)C(C)(C)C)C(C)C. The molecule has 0 heterocycles. The van der Waals surface area contributed by atoms with Gasteiger partial charge in [-0.1, -0.05) is 78.8 Å². The molecular weight excluding hydrogens is 534 g/mol. The average molecular weight is 588 g/mol. The second kappa shape index (κ2) is 17.0. The molecule has 42 heavy (non-hydrogen) atoms. The lowest BCUT2D eigenvalue weighted by atomic mass is 9.85. The number of ketones is 1. The number of hydrogen-bond acceptors (Lipinski definition) is 6. The van der Waals surface area contributed by atoms with Gasteiger partial charge in [0.1, 0.15) is 12.1 Å². The van der Waals surface area contributed by atoms with Crippen LogP contribution in [0, 0.1) is 17.3 Å². The fourth-order valence-corrected chi connectivity index (χ4v) is 4.41. The molecule has 0 aromatic heterocycles. The molecule has 4 N–H and O–H groups in total. The van der Waals surface area contributed by atoms with E-state index in [-0.39, 0.29) is 24.3 Å². The van der Waals surface area contributed by atoms with Gasteiger partial charge in [0.2, 0.25) is 23.5 Å². The normalized spacial score (nSPS) is 14.6. The van der Waals surface area contributed by atoms with Gasteiger partial charge in [0.25, 0.3) is 5.91 Å². The molecule has 1 aromatic rings. The fourth-order valence-electron chi connectivity index (χ4n) is 4.41. The molecule has 10 nitrogen and oxygen atoms in total. The Morgan fingerprint density at radius 1 is 0.810 bits per heavy atom. The van der Waals surface area contributed by atoms with E-state index >= 15 is 0 Å². The minimum Gasteiger partial charge on any atom is -0.345 e. The summed E-state index contributed by atoms with van der Waals surface area (Å²) in [5.41, 5.74) is 0.213. The summed E-state index contributed by atoms with van der Waals surface area (Å²) in [6.07, 6.45) is 0.651. The molecule has 0 saturated carbocycles. The number of nitrogens with one attached hydrogen (secondary N) is 4. The lowest BCUT2D eigenvalue weighted by Gasteiger charge is -2.33. The third-order valence-electron chi connectivity index (χ3n) is 7.37. The minimum absolute atomic E-state index is 0.184. The molecule has 0 radical (unpaired) electrons. The Balaban J connectivity index is 2.82. The zero-order chi connectivity index (χ0) is 32.2. The number of carbonyl (C=O) groups is 5. The van der Waals surface area contributed by atoms with E-state index in [1.165, 1.54) is 6.92 Å². The molecular formula is C32H53N5O5. The van der Waals surface area contributed by atoms with Gasteiger partial charge in [-0.25, -0.2) is 0 Å². The van der Waals surface area contributed by atoms with Crippen molar-refractivity contribution in [1.82, 2.24) is 26.2 Å².